The van der Waals surface area contributed by atoms with Gasteiger partial charge in [0, 0.05) is 19.5 Å². The molecule has 1 aromatic rings. The minimum absolute atomic E-state index is 0.119. The Kier molecular flexibility index (Phi) is 3.59. The van der Waals surface area contributed by atoms with Gasteiger partial charge >= 0.3 is 0 Å². The molecule has 3 nitrogen and oxygen atoms in total. The van der Waals surface area contributed by atoms with Crippen molar-refractivity contribution in [3.05, 3.63) is 11.1 Å². The van der Waals surface area contributed by atoms with Crippen LogP contribution in [0.3, 0.4) is 0 Å². The van der Waals surface area contributed by atoms with Crippen molar-refractivity contribution in [3.63, 3.8) is 0 Å². The van der Waals surface area contributed by atoms with Crippen molar-refractivity contribution in [2.45, 2.75) is 45.6 Å². The standard InChI is InChI=1S/C12H18N2OS/c1-3-10-6-4-5-7-14(10)12-13-8-11(16-12)9(2)15/h8,10H,3-7H2,1-2H3. The largest absolute Gasteiger partial charge is 0.345 e. The molecule has 1 aromatic heterocycles. The van der Waals surface area contributed by atoms with Gasteiger partial charge in [-0.2, -0.15) is 0 Å². The normalized spacial score (nSPS) is 21.1. The topological polar surface area (TPSA) is 33.2 Å². The number of Topliss-reactive ketones (excluding diaryl/α,β-unsaturated/α-hetero) is 1. The molecule has 16 heavy (non-hydrogen) atoms. The van der Waals surface area contributed by atoms with Crippen molar-refractivity contribution in [3.8, 4) is 0 Å². The summed E-state index contributed by atoms with van der Waals surface area (Å²) in [6.45, 7) is 4.91. The van der Waals surface area contributed by atoms with Crippen LogP contribution in [0.25, 0.3) is 0 Å². The molecule has 0 radical (unpaired) electrons. The predicted octanol–water partition coefficient (Wildman–Crippen LogP) is 3.11. The van der Waals surface area contributed by atoms with Gasteiger partial charge in [-0.25, -0.2) is 4.98 Å². The van der Waals surface area contributed by atoms with Crippen molar-refractivity contribution in [2.75, 3.05) is 11.4 Å². The molecule has 0 N–H and O–H groups in total. The number of piperidine rings is 1. The van der Waals surface area contributed by atoms with Crippen LogP contribution in [0.1, 0.15) is 49.2 Å². The number of rotatable bonds is 3. The van der Waals surface area contributed by atoms with Crippen LogP contribution < -0.4 is 4.90 Å². The molecule has 2 rings (SSSR count). The zero-order valence-electron chi connectivity index (χ0n) is 9.90. The molecule has 88 valence electrons. The molecular weight excluding hydrogens is 220 g/mol. The van der Waals surface area contributed by atoms with E-state index in [2.05, 4.69) is 16.8 Å². The average Bonchev–Trinajstić information content (AvgIpc) is 2.78. The summed E-state index contributed by atoms with van der Waals surface area (Å²) in [5, 5.41) is 1.02. The Labute approximate surface area is 100 Å². The Hall–Kier alpha value is -0.900. The summed E-state index contributed by atoms with van der Waals surface area (Å²) in [6.07, 6.45) is 6.69. The highest BCUT2D eigenvalue weighted by Gasteiger charge is 2.23. The summed E-state index contributed by atoms with van der Waals surface area (Å²) in [5.41, 5.74) is 0. The fourth-order valence-electron chi connectivity index (χ4n) is 2.24. The van der Waals surface area contributed by atoms with E-state index in [4.69, 9.17) is 0 Å². The highest BCUT2D eigenvalue weighted by molar-refractivity contribution is 7.17. The zero-order valence-corrected chi connectivity index (χ0v) is 10.7. The van der Waals surface area contributed by atoms with Crippen molar-refractivity contribution in [2.24, 2.45) is 0 Å². The van der Waals surface area contributed by atoms with Crippen LogP contribution in [0.15, 0.2) is 6.20 Å². The first-order valence-corrected chi connectivity index (χ1v) is 6.77. The van der Waals surface area contributed by atoms with Gasteiger partial charge in [-0.3, -0.25) is 4.79 Å². The predicted molar refractivity (Wildman–Crippen MR) is 67.4 cm³/mol. The van der Waals surface area contributed by atoms with E-state index >= 15 is 0 Å². The van der Waals surface area contributed by atoms with Gasteiger partial charge in [0.1, 0.15) is 0 Å². The highest BCUT2D eigenvalue weighted by atomic mass is 32.1. The molecule has 0 spiro atoms. The molecule has 4 heteroatoms. The molecule has 1 aliphatic heterocycles. The summed E-state index contributed by atoms with van der Waals surface area (Å²) >= 11 is 1.53. The summed E-state index contributed by atoms with van der Waals surface area (Å²) in [6, 6.07) is 0.611. The maximum absolute atomic E-state index is 11.2. The van der Waals surface area contributed by atoms with Crippen LogP contribution >= 0.6 is 11.3 Å². The highest BCUT2D eigenvalue weighted by Crippen LogP contribution is 2.30. The summed E-state index contributed by atoms with van der Waals surface area (Å²) in [4.78, 5) is 18.8. The van der Waals surface area contributed by atoms with Gasteiger partial charge in [-0.05, 0) is 25.7 Å². The minimum atomic E-state index is 0.119. The van der Waals surface area contributed by atoms with E-state index in [-0.39, 0.29) is 5.78 Å². The second kappa shape index (κ2) is 4.95. The third-order valence-electron chi connectivity index (χ3n) is 3.18. The van der Waals surface area contributed by atoms with Crippen LogP contribution in [-0.2, 0) is 0 Å². The Morgan fingerprint density at radius 1 is 1.62 bits per heavy atom. The summed E-state index contributed by atoms with van der Waals surface area (Å²) in [5.74, 6) is 0.119. The van der Waals surface area contributed by atoms with Crippen LogP contribution in [0.2, 0.25) is 0 Å². The number of carbonyl (C=O) groups is 1. The molecule has 1 aliphatic rings. The molecule has 1 fully saturated rings. The van der Waals surface area contributed by atoms with Crippen molar-refractivity contribution in [1.29, 1.82) is 0 Å². The molecule has 1 unspecified atom stereocenters. The van der Waals surface area contributed by atoms with Crippen molar-refractivity contribution in [1.82, 2.24) is 4.98 Å². The first-order valence-electron chi connectivity index (χ1n) is 5.95. The fourth-order valence-corrected chi connectivity index (χ4v) is 3.15. The van der Waals surface area contributed by atoms with Crippen LogP contribution in [-0.4, -0.2) is 23.4 Å². The van der Waals surface area contributed by atoms with E-state index < -0.39 is 0 Å². The number of ketones is 1. The number of hydrogen-bond donors (Lipinski definition) is 0. The maximum atomic E-state index is 11.2. The van der Waals surface area contributed by atoms with Gasteiger partial charge < -0.3 is 4.90 Å². The second-order valence-electron chi connectivity index (χ2n) is 4.31. The number of aromatic nitrogens is 1. The Morgan fingerprint density at radius 2 is 2.44 bits per heavy atom. The minimum Gasteiger partial charge on any atom is -0.345 e. The monoisotopic (exact) mass is 238 g/mol. The lowest BCUT2D eigenvalue weighted by molar-refractivity contribution is 0.102. The molecule has 0 aromatic carbocycles. The molecule has 0 bridgehead atoms. The van der Waals surface area contributed by atoms with E-state index in [1.807, 2.05) is 0 Å². The zero-order chi connectivity index (χ0) is 11.5. The molecule has 0 saturated carbocycles. The van der Waals surface area contributed by atoms with Gasteiger partial charge in [0.25, 0.3) is 0 Å². The number of carbonyl (C=O) groups excluding carboxylic acids is 1. The van der Waals surface area contributed by atoms with Gasteiger partial charge in [0.15, 0.2) is 10.9 Å². The Morgan fingerprint density at radius 3 is 3.06 bits per heavy atom. The van der Waals surface area contributed by atoms with Crippen LogP contribution in [0.5, 0.6) is 0 Å². The molecule has 2 heterocycles. The average molecular weight is 238 g/mol. The van der Waals surface area contributed by atoms with E-state index in [0.717, 1.165) is 23.0 Å². The lowest BCUT2D eigenvalue weighted by Gasteiger charge is -2.34. The second-order valence-corrected chi connectivity index (χ2v) is 5.32. The Balaban J connectivity index is 2.17. The third-order valence-corrected chi connectivity index (χ3v) is 4.32. The quantitative estimate of drug-likeness (QED) is 0.759. The smallest absolute Gasteiger partial charge is 0.186 e. The molecule has 0 aliphatic carbocycles. The molecular formula is C12H18N2OS. The van der Waals surface area contributed by atoms with Crippen molar-refractivity contribution >= 4 is 22.3 Å². The van der Waals surface area contributed by atoms with Gasteiger partial charge in [-0.15, -0.1) is 0 Å². The van der Waals surface area contributed by atoms with Crippen LogP contribution in [0, 0.1) is 0 Å². The first-order chi connectivity index (χ1) is 7.72. The van der Waals surface area contributed by atoms with Crippen LogP contribution in [0.4, 0.5) is 5.13 Å². The molecule has 1 atom stereocenters. The van der Waals surface area contributed by atoms with Gasteiger partial charge in [-0.1, -0.05) is 18.3 Å². The van der Waals surface area contributed by atoms with Crippen molar-refractivity contribution < 1.29 is 4.79 Å². The number of anilines is 1. The maximum Gasteiger partial charge on any atom is 0.186 e. The number of thiazole rings is 1. The fraction of sp³-hybridized carbons (Fsp3) is 0.667. The SMILES string of the molecule is CCC1CCCCN1c1ncc(C(C)=O)s1. The first kappa shape index (κ1) is 11.6. The lowest BCUT2D eigenvalue weighted by Crippen LogP contribution is -2.38. The lowest BCUT2D eigenvalue weighted by atomic mass is 10.0. The summed E-state index contributed by atoms with van der Waals surface area (Å²) in [7, 11) is 0. The van der Waals surface area contributed by atoms with E-state index in [0.29, 0.717) is 6.04 Å². The number of nitrogens with zero attached hydrogens (tertiary/aromatic N) is 2. The third kappa shape index (κ3) is 2.26. The van der Waals surface area contributed by atoms with E-state index in [9.17, 15) is 4.79 Å². The molecule has 1 saturated heterocycles. The summed E-state index contributed by atoms with van der Waals surface area (Å²) < 4.78 is 0. The van der Waals surface area contributed by atoms with Gasteiger partial charge in [0.05, 0.1) is 11.1 Å². The van der Waals surface area contributed by atoms with Gasteiger partial charge in [0.2, 0.25) is 0 Å². The molecule has 0 amide bonds. The van der Waals surface area contributed by atoms with E-state index in [1.54, 1.807) is 13.1 Å². The number of hydrogen-bond acceptors (Lipinski definition) is 4. The Bertz CT molecular complexity index is 375. The van der Waals surface area contributed by atoms with E-state index in [1.165, 1.54) is 30.6 Å².